The summed E-state index contributed by atoms with van der Waals surface area (Å²) in [6.45, 7) is 1.83. The van der Waals surface area contributed by atoms with Crippen LogP contribution in [0.15, 0.2) is 24.3 Å². The summed E-state index contributed by atoms with van der Waals surface area (Å²) in [6.07, 6.45) is 0.203. The molecule has 1 fully saturated rings. The lowest BCUT2D eigenvalue weighted by molar-refractivity contribution is -0.140. The maximum absolute atomic E-state index is 12.9. The van der Waals surface area contributed by atoms with Crippen LogP contribution in [0, 0.1) is 5.82 Å². The van der Waals surface area contributed by atoms with E-state index in [1.807, 2.05) is 13.0 Å². The van der Waals surface area contributed by atoms with Crippen LogP contribution in [-0.4, -0.2) is 12.1 Å². The summed E-state index contributed by atoms with van der Waals surface area (Å²) in [5, 5.41) is 0. The van der Waals surface area contributed by atoms with Crippen molar-refractivity contribution in [2.75, 3.05) is 0 Å². The monoisotopic (exact) mass is 194 g/mol. The molecule has 74 valence electrons. The number of esters is 1. The Labute approximate surface area is 81.7 Å². The largest absolute Gasteiger partial charge is 0.462 e. The van der Waals surface area contributed by atoms with Crippen molar-refractivity contribution in [3.05, 3.63) is 35.6 Å². The fraction of sp³-hybridized carbons (Fsp3) is 0.364. The van der Waals surface area contributed by atoms with E-state index >= 15 is 0 Å². The number of carbonyl (C=O) groups excluding carboxylic acids is 1. The average molecular weight is 194 g/mol. The lowest BCUT2D eigenvalue weighted by Crippen LogP contribution is -2.09. The van der Waals surface area contributed by atoms with E-state index in [1.54, 1.807) is 6.07 Å². The standard InChI is InChI=1S/C11H11FO2/c1-7-10(6-11(13)14-7)8-3-2-4-9(12)5-8/h2-5,7,10H,6H2,1H3/t7?,10-/m0/s1. The molecule has 1 aliphatic heterocycles. The first kappa shape index (κ1) is 9.19. The molecule has 0 saturated carbocycles. The minimum atomic E-state index is -0.269. The van der Waals surface area contributed by atoms with Crippen LogP contribution in [0.2, 0.25) is 0 Å². The van der Waals surface area contributed by atoms with Crippen LogP contribution in [0.25, 0.3) is 0 Å². The van der Waals surface area contributed by atoms with E-state index in [4.69, 9.17) is 4.74 Å². The van der Waals surface area contributed by atoms with E-state index in [-0.39, 0.29) is 23.8 Å². The molecule has 2 nitrogen and oxygen atoms in total. The fourth-order valence-corrected chi connectivity index (χ4v) is 1.81. The Morgan fingerprint density at radius 3 is 2.86 bits per heavy atom. The van der Waals surface area contributed by atoms with Gasteiger partial charge in [-0.15, -0.1) is 0 Å². The molecule has 1 aliphatic rings. The number of benzene rings is 1. The number of hydrogen-bond acceptors (Lipinski definition) is 2. The summed E-state index contributed by atoms with van der Waals surface area (Å²) < 4.78 is 17.9. The van der Waals surface area contributed by atoms with Crippen LogP contribution >= 0.6 is 0 Å². The van der Waals surface area contributed by atoms with Crippen molar-refractivity contribution in [1.82, 2.24) is 0 Å². The first-order chi connectivity index (χ1) is 6.66. The predicted molar refractivity (Wildman–Crippen MR) is 49.3 cm³/mol. The third kappa shape index (κ3) is 1.62. The zero-order valence-electron chi connectivity index (χ0n) is 7.87. The minimum absolute atomic E-state index is 0.00167. The molecule has 0 aromatic heterocycles. The van der Waals surface area contributed by atoms with E-state index in [9.17, 15) is 9.18 Å². The Morgan fingerprint density at radius 2 is 2.29 bits per heavy atom. The Balaban J connectivity index is 2.27. The second-order valence-corrected chi connectivity index (χ2v) is 3.56. The number of carbonyl (C=O) groups is 1. The topological polar surface area (TPSA) is 26.3 Å². The molecular weight excluding hydrogens is 183 g/mol. The quantitative estimate of drug-likeness (QED) is 0.641. The normalized spacial score (nSPS) is 26.3. The van der Waals surface area contributed by atoms with E-state index < -0.39 is 0 Å². The Hall–Kier alpha value is -1.38. The van der Waals surface area contributed by atoms with E-state index in [0.717, 1.165) is 5.56 Å². The van der Waals surface area contributed by atoms with Crippen molar-refractivity contribution < 1.29 is 13.9 Å². The molecule has 0 radical (unpaired) electrons. The lowest BCUT2D eigenvalue weighted by Gasteiger charge is -2.12. The third-order valence-corrected chi connectivity index (χ3v) is 2.55. The van der Waals surface area contributed by atoms with Gasteiger partial charge in [-0.3, -0.25) is 4.79 Å². The highest BCUT2D eigenvalue weighted by molar-refractivity contribution is 5.73. The molecule has 2 atom stereocenters. The number of cyclic esters (lactones) is 1. The molecule has 0 amide bonds. The molecule has 1 aromatic rings. The third-order valence-electron chi connectivity index (χ3n) is 2.55. The Morgan fingerprint density at radius 1 is 1.50 bits per heavy atom. The van der Waals surface area contributed by atoms with Gasteiger partial charge >= 0.3 is 5.97 Å². The van der Waals surface area contributed by atoms with Crippen molar-refractivity contribution in [3.63, 3.8) is 0 Å². The zero-order chi connectivity index (χ0) is 10.1. The van der Waals surface area contributed by atoms with Gasteiger partial charge in [-0.05, 0) is 24.6 Å². The summed E-state index contributed by atoms with van der Waals surface area (Å²) >= 11 is 0. The summed E-state index contributed by atoms with van der Waals surface area (Å²) in [4.78, 5) is 11.0. The number of halogens is 1. The van der Waals surface area contributed by atoms with Gasteiger partial charge in [-0.1, -0.05) is 12.1 Å². The average Bonchev–Trinajstić information content (AvgIpc) is 2.45. The van der Waals surface area contributed by atoms with Crippen LogP contribution in [-0.2, 0) is 9.53 Å². The summed E-state index contributed by atoms with van der Waals surface area (Å²) in [7, 11) is 0. The molecule has 1 unspecified atom stereocenters. The SMILES string of the molecule is CC1OC(=O)C[C@@H]1c1cccc(F)c1. The summed E-state index contributed by atoms with van der Waals surface area (Å²) in [5.41, 5.74) is 0.836. The first-order valence-corrected chi connectivity index (χ1v) is 4.62. The van der Waals surface area contributed by atoms with E-state index in [2.05, 4.69) is 0 Å². The fourth-order valence-electron chi connectivity index (χ4n) is 1.81. The smallest absolute Gasteiger partial charge is 0.306 e. The predicted octanol–water partition coefficient (Wildman–Crippen LogP) is 2.24. The number of ether oxygens (including phenoxy) is 1. The number of rotatable bonds is 1. The van der Waals surface area contributed by atoms with E-state index in [0.29, 0.717) is 6.42 Å². The van der Waals surface area contributed by atoms with Crippen LogP contribution in [0.1, 0.15) is 24.8 Å². The van der Waals surface area contributed by atoms with Gasteiger partial charge in [0.15, 0.2) is 0 Å². The molecule has 14 heavy (non-hydrogen) atoms. The van der Waals surface area contributed by atoms with Gasteiger partial charge in [0, 0.05) is 5.92 Å². The van der Waals surface area contributed by atoms with Crippen molar-refractivity contribution in [2.45, 2.75) is 25.4 Å². The second kappa shape index (κ2) is 3.40. The maximum Gasteiger partial charge on any atom is 0.306 e. The van der Waals surface area contributed by atoms with Gasteiger partial charge < -0.3 is 4.74 Å². The van der Waals surface area contributed by atoms with Crippen LogP contribution < -0.4 is 0 Å². The highest BCUT2D eigenvalue weighted by atomic mass is 19.1. The highest BCUT2D eigenvalue weighted by Crippen LogP contribution is 2.31. The van der Waals surface area contributed by atoms with E-state index in [1.165, 1.54) is 12.1 Å². The van der Waals surface area contributed by atoms with Gasteiger partial charge in [0.05, 0.1) is 6.42 Å². The zero-order valence-corrected chi connectivity index (χ0v) is 7.87. The van der Waals surface area contributed by atoms with Crippen molar-refractivity contribution in [3.8, 4) is 0 Å². The lowest BCUT2D eigenvalue weighted by atomic mass is 9.93. The minimum Gasteiger partial charge on any atom is -0.462 e. The molecule has 1 aromatic carbocycles. The second-order valence-electron chi connectivity index (χ2n) is 3.56. The van der Waals surface area contributed by atoms with Gasteiger partial charge in [0.1, 0.15) is 11.9 Å². The van der Waals surface area contributed by atoms with Crippen LogP contribution in [0.5, 0.6) is 0 Å². The van der Waals surface area contributed by atoms with Gasteiger partial charge in [-0.25, -0.2) is 4.39 Å². The molecule has 1 saturated heterocycles. The Bertz CT molecular complexity index is 362. The van der Waals surface area contributed by atoms with Gasteiger partial charge in [0.25, 0.3) is 0 Å². The maximum atomic E-state index is 12.9. The van der Waals surface area contributed by atoms with Crippen molar-refractivity contribution in [2.24, 2.45) is 0 Å². The number of hydrogen-bond donors (Lipinski definition) is 0. The Kier molecular flexibility index (Phi) is 2.23. The molecule has 0 bridgehead atoms. The van der Waals surface area contributed by atoms with Crippen LogP contribution in [0.3, 0.4) is 0 Å². The molecule has 1 heterocycles. The van der Waals surface area contributed by atoms with Crippen molar-refractivity contribution in [1.29, 1.82) is 0 Å². The van der Waals surface area contributed by atoms with Gasteiger partial charge in [-0.2, -0.15) is 0 Å². The summed E-state index contributed by atoms with van der Waals surface area (Å²) in [5.74, 6) is -0.473. The molecule has 0 spiro atoms. The van der Waals surface area contributed by atoms with Gasteiger partial charge in [0.2, 0.25) is 0 Å². The molecule has 3 heteroatoms. The van der Waals surface area contributed by atoms with Crippen molar-refractivity contribution >= 4 is 5.97 Å². The first-order valence-electron chi connectivity index (χ1n) is 4.62. The molecule has 0 aliphatic carbocycles. The van der Waals surface area contributed by atoms with Crippen LogP contribution in [0.4, 0.5) is 4.39 Å². The molecule has 2 rings (SSSR count). The molecule has 0 N–H and O–H groups in total. The summed E-state index contributed by atoms with van der Waals surface area (Å²) in [6, 6.07) is 6.33. The molecular formula is C11H11FO2. The highest BCUT2D eigenvalue weighted by Gasteiger charge is 2.32.